The zero-order chi connectivity index (χ0) is 12.0. The van der Waals surface area contributed by atoms with Gasteiger partial charge in [-0.3, -0.25) is 9.97 Å². The van der Waals surface area contributed by atoms with Crippen molar-refractivity contribution in [2.24, 2.45) is 0 Å². The Morgan fingerprint density at radius 1 is 1.00 bits per heavy atom. The predicted molar refractivity (Wildman–Crippen MR) is 54.9 cm³/mol. The van der Waals surface area contributed by atoms with Crippen LogP contribution in [-0.2, 0) is 0 Å². The summed E-state index contributed by atoms with van der Waals surface area (Å²) in [6.45, 7) is 0. The van der Waals surface area contributed by atoms with E-state index in [0.717, 1.165) is 0 Å². The van der Waals surface area contributed by atoms with Crippen molar-refractivity contribution in [2.75, 3.05) is 0 Å². The summed E-state index contributed by atoms with van der Waals surface area (Å²) in [5, 5.41) is 0. The van der Waals surface area contributed by atoms with E-state index in [1.807, 2.05) is 0 Å². The third-order valence-electron chi connectivity index (χ3n) is 1.31. The summed E-state index contributed by atoms with van der Waals surface area (Å²) in [5.41, 5.74) is 0.628. The van der Waals surface area contributed by atoms with E-state index in [0.29, 0.717) is 20.0 Å². The summed E-state index contributed by atoms with van der Waals surface area (Å²) >= 11 is 6.30. The standard InChI is InChI=1S/C8H4Br2N2/c9-5-1-2-6(10)8-7(5)11-3-4-12-8/h1-4H/i1D,2D,3D,4D. The summed E-state index contributed by atoms with van der Waals surface area (Å²) in [4.78, 5) is 7.75. The van der Waals surface area contributed by atoms with Crippen LogP contribution in [0.15, 0.2) is 33.4 Å². The predicted octanol–water partition coefficient (Wildman–Crippen LogP) is 3.15. The van der Waals surface area contributed by atoms with Gasteiger partial charge in [-0.25, -0.2) is 0 Å². The van der Waals surface area contributed by atoms with Gasteiger partial charge in [-0.2, -0.15) is 0 Å². The van der Waals surface area contributed by atoms with Crippen molar-refractivity contribution in [1.82, 2.24) is 9.97 Å². The first-order valence-corrected chi connectivity index (χ1v) is 4.61. The molecule has 2 nitrogen and oxygen atoms in total. The molecule has 0 spiro atoms. The Hall–Kier alpha value is -0.480. The van der Waals surface area contributed by atoms with Crippen LogP contribution in [0.5, 0.6) is 0 Å². The average Bonchev–Trinajstić information content (AvgIpc) is 2.26. The van der Waals surface area contributed by atoms with Crippen LogP contribution in [0, 0.1) is 0 Å². The van der Waals surface area contributed by atoms with Crippen LogP contribution in [0.2, 0.25) is 0 Å². The molecular weight excluding hydrogens is 284 g/mol. The van der Waals surface area contributed by atoms with E-state index in [-0.39, 0.29) is 24.4 Å². The average molecular weight is 292 g/mol. The Labute approximate surface area is 91.9 Å². The largest absolute Gasteiger partial charge is 0.252 e. The quantitative estimate of drug-likeness (QED) is 0.745. The molecule has 0 bridgehead atoms. The number of rotatable bonds is 0. The minimum absolute atomic E-state index is 0.0224. The number of hydrogen-bond donors (Lipinski definition) is 0. The summed E-state index contributed by atoms with van der Waals surface area (Å²) in [7, 11) is 0. The van der Waals surface area contributed by atoms with Gasteiger partial charge in [-0.1, -0.05) is 0 Å². The van der Waals surface area contributed by atoms with Gasteiger partial charge in [0.15, 0.2) is 0 Å². The lowest BCUT2D eigenvalue weighted by atomic mass is 10.3. The summed E-state index contributed by atoms with van der Waals surface area (Å²) in [6.07, 6.45) is -0.505. The fourth-order valence-corrected chi connectivity index (χ4v) is 1.55. The molecule has 0 saturated heterocycles. The van der Waals surface area contributed by atoms with E-state index in [4.69, 9.17) is 5.48 Å². The molecule has 0 radical (unpaired) electrons. The Morgan fingerprint density at radius 2 is 1.42 bits per heavy atom. The molecule has 0 aliphatic rings. The van der Waals surface area contributed by atoms with E-state index in [2.05, 4.69) is 41.8 Å². The van der Waals surface area contributed by atoms with Gasteiger partial charge in [-0.05, 0) is 43.9 Å². The second kappa shape index (κ2) is 3.11. The van der Waals surface area contributed by atoms with E-state index < -0.39 is 0 Å². The van der Waals surface area contributed by atoms with Crippen LogP contribution in [0.25, 0.3) is 11.0 Å². The third-order valence-corrected chi connectivity index (χ3v) is 2.46. The highest BCUT2D eigenvalue weighted by atomic mass is 79.9. The van der Waals surface area contributed by atoms with Crippen LogP contribution in [0.3, 0.4) is 0 Å². The molecule has 60 valence electrons. The molecule has 1 aromatic carbocycles. The first-order valence-electron chi connectivity index (χ1n) is 5.02. The number of benzene rings is 1. The van der Waals surface area contributed by atoms with Crippen LogP contribution < -0.4 is 0 Å². The van der Waals surface area contributed by atoms with Gasteiger partial charge in [0.1, 0.15) is 11.0 Å². The molecule has 0 saturated carbocycles. The number of aromatic nitrogens is 2. The molecule has 2 aromatic rings. The fraction of sp³-hybridized carbons (Fsp3) is 0. The monoisotopic (exact) mass is 290 g/mol. The highest BCUT2D eigenvalue weighted by Crippen LogP contribution is 2.26. The second-order valence-electron chi connectivity index (χ2n) is 2.02. The molecule has 12 heavy (non-hydrogen) atoms. The first kappa shape index (κ1) is 4.67. The highest BCUT2D eigenvalue weighted by molar-refractivity contribution is 9.11. The summed E-state index contributed by atoms with van der Waals surface area (Å²) < 4.78 is 30.7. The van der Waals surface area contributed by atoms with Crippen molar-refractivity contribution < 1.29 is 5.48 Å². The number of halogens is 2. The molecule has 1 heterocycles. The van der Waals surface area contributed by atoms with Crippen molar-refractivity contribution in [2.45, 2.75) is 0 Å². The lowest BCUT2D eigenvalue weighted by molar-refractivity contribution is 1.28. The number of fused-ring (bicyclic) bond motifs is 1. The van der Waals surface area contributed by atoms with Crippen molar-refractivity contribution >= 4 is 42.9 Å². The summed E-state index contributed by atoms with van der Waals surface area (Å²) in [6, 6.07) is -0.0448. The van der Waals surface area contributed by atoms with Gasteiger partial charge in [-0.15, -0.1) is 0 Å². The maximum atomic E-state index is 7.65. The van der Waals surface area contributed by atoms with Gasteiger partial charge < -0.3 is 0 Å². The van der Waals surface area contributed by atoms with Gasteiger partial charge in [0, 0.05) is 21.3 Å². The maximum Gasteiger partial charge on any atom is 0.104 e. The molecule has 1 aromatic heterocycles. The van der Waals surface area contributed by atoms with E-state index in [9.17, 15) is 0 Å². The Morgan fingerprint density at radius 3 is 1.83 bits per heavy atom. The smallest absolute Gasteiger partial charge is 0.104 e. The van der Waals surface area contributed by atoms with Crippen molar-refractivity contribution in [3.8, 4) is 0 Å². The summed E-state index contributed by atoms with van der Waals surface area (Å²) in [5.74, 6) is 0. The Bertz CT molecular complexity index is 550. The minimum atomic E-state index is -0.253. The zero-order valence-electron chi connectivity index (χ0n) is 9.65. The lowest BCUT2D eigenvalue weighted by Gasteiger charge is -1.99. The molecule has 0 aliphatic heterocycles. The topological polar surface area (TPSA) is 25.8 Å². The van der Waals surface area contributed by atoms with E-state index in [1.54, 1.807) is 0 Å². The van der Waals surface area contributed by atoms with Crippen molar-refractivity contribution in [3.05, 3.63) is 33.4 Å². The van der Waals surface area contributed by atoms with Gasteiger partial charge in [0.2, 0.25) is 0 Å². The number of hydrogen-bond acceptors (Lipinski definition) is 2. The maximum absolute atomic E-state index is 7.65. The molecule has 0 aliphatic carbocycles. The van der Waals surface area contributed by atoms with Crippen LogP contribution in [0.4, 0.5) is 0 Å². The molecule has 2 rings (SSSR count). The lowest BCUT2D eigenvalue weighted by Crippen LogP contribution is -1.83. The first-order chi connectivity index (χ1) is 7.43. The zero-order valence-corrected chi connectivity index (χ0v) is 8.82. The molecule has 0 N–H and O–H groups in total. The van der Waals surface area contributed by atoms with Gasteiger partial charge in [0.05, 0.1) is 5.48 Å². The van der Waals surface area contributed by atoms with E-state index >= 15 is 0 Å². The molecular formula is C8H4Br2N2. The molecule has 0 unspecified atom stereocenters. The molecule has 0 amide bonds. The third kappa shape index (κ3) is 1.25. The normalized spacial score (nSPS) is 15.2. The van der Waals surface area contributed by atoms with Crippen LogP contribution >= 0.6 is 31.9 Å². The van der Waals surface area contributed by atoms with Crippen LogP contribution in [-0.4, -0.2) is 9.97 Å². The van der Waals surface area contributed by atoms with E-state index in [1.165, 1.54) is 0 Å². The SMILES string of the molecule is [2H]c1nc2c(Br)c([2H])c([2H])c(Br)c2nc1[2H]. The van der Waals surface area contributed by atoms with Crippen molar-refractivity contribution in [1.29, 1.82) is 0 Å². The van der Waals surface area contributed by atoms with Crippen LogP contribution in [0.1, 0.15) is 5.48 Å². The molecule has 0 atom stereocenters. The fourth-order valence-electron chi connectivity index (χ4n) is 0.802. The van der Waals surface area contributed by atoms with Crippen molar-refractivity contribution in [3.63, 3.8) is 0 Å². The molecule has 4 heteroatoms. The Balaban J connectivity index is 3.02. The Kier molecular flexibility index (Phi) is 1.21. The van der Waals surface area contributed by atoms with Gasteiger partial charge >= 0.3 is 0 Å². The minimum Gasteiger partial charge on any atom is -0.252 e. The van der Waals surface area contributed by atoms with Gasteiger partial charge in [0.25, 0.3) is 0 Å². The number of nitrogens with zero attached hydrogens (tertiary/aromatic N) is 2. The second-order valence-corrected chi connectivity index (χ2v) is 3.61. The highest BCUT2D eigenvalue weighted by Gasteiger charge is 2.02. The molecule has 0 fully saturated rings.